The van der Waals surface area contributed by atoms with E-state index in [1.54, 1.807) is 18.2 Å². The molecular formula is C16H22N2O6. The van der Waals surface area contributed by atoms with Gasteiger partial charge in [0.2, 0.25) is 11.8 Å². The number of carbonyl (C=O) groups is 3. The number of ether oxygens (including phenoxy) is 2. The highest BCUT2D eigenvalue weighted by Crippen LogP contribution is 2.27. The molecule has 8 nitrogen and oxygen atoms in total. The molecule has 1 atom stereocenters. The molecule has 0 heterocycles. The zero-order valence-corrected chi connectivity index (χ0v) is 13.7. The van der Waals surface area contributed by atoms with Crippen molar-refractivity contribution < 1.29 is 29.0 Å². The second-order valence-corrected chi connectivity index (χ2v) is 5.15. The van der Waals surface area contributed by atoms with Gasteiger partial charge in [0.15, 0.2) is 11.5 Å². The molecule has 1 unspecified atom stereocenters. The van der Waals surface area contributed by atoms with E-state index in [1.165, 1.54) is 14.2 Å². The molecule has 0 aromatic heterocycles. The Balaban J connectivity index is 2.58. The highest BCUT2D eigenvalue weighted by Gasteiger charge is 2.20. The van der Waals surface area contributed by atoms with Gasteiger partial charge >= 0.3 is 5.97 Å². The van der Waals surface area contributed by atoms with E-state index in [9.17, 15) is 14.4 Å². The third kappa shape index (κ3) is 6.15. The van der Waals surface area contributed by atoms with Crippen molar-refractivity contribution >= 4 is 17.8 Å². The van der Waals surface area contributed by atoms with Gasteiger partial charge in [0.1, 0.15) is 6.04 Å². The summed E-state index contributed by atoms with van der Waals surface area (Å²) in [6, 6.07) is 4.17. The summed E-state index contributed by atoms with van der Waals surface area (Å²) < 4.78 is 10.3. The lowest BCUT2D eigenvalue weighted by atomic mass is 10.1. The van der Waals surface area contributed by atoms with Crippen LogP contribution in [0.15, 0.2) is 18.2 Å². The number of carboxylic acids is 1. The Kier molecular flexibility index (Phi) is 7.54. The van der Waals surface area contributed by atoms with E-state index in [1.807, 2.05) is 0 Å². The first kappa shape index (κ1) is 19.3. The SMILES string of the molecule is COc1ccc(CCC(=O)NC(CCC(N)=O)C(=O)O)cc1OC. The fourth-order valence-corrected chi connectivity index (χ4v) is 2.10. The molecule has 0 aliphatic carbocycles. The quantitative estimate of drug-likeness (QED) is 0.569. The van der Waals surface area contributed by atoms with Crippen LogP contribution in [0.3, 0.4) is 0 Å². The first-order valence-electron chi connectivity index (χ1n) is 7.38. The van der Waals surface area contributed by atoms with Gasteiger partial charge in [0.05, 0.1) is 14.2 Å². The molecule has 0 radical (unpaired) electrons. The maximum absolute atomic E-state index is 11.9. The van der Waals surface area contributed by atoms with Crippen molar-refractivity contribution in [3.05, 3.63) is 23.8 Å². The number of nitrogens with two attached hydrogens (primary N) is 1. The number of aryl methyl sites for hydroxylation is 1. The molecule has 1 rings (SSSR count). The number of primary amides is 1. The Hall–Kier alpha value is -2.77. The summed E-state index contributed by atoms with van der Waals surface area (Å²) in [7, 11) is 3.05. The molecule has 1 aromatic carbocycles. The Morgan fingerprint density at radius 2 is 1.83 bits per heavy atom. The average Bonchev–Trinajstić information content (AvgIpc) is 2.55. The molecule has 132 valence electrons. The largest absolute Gasteiger partial charge is 0.493 e. The van der Waals surface area contributed by atoms with E-state index in [2.05, 4.69) is 5.32 Å². The third-order valence-electron chi connectivity index (χ3n) is 3.40. The monoisotopic (exact) mass is 338 g/mol. The summed E-state index contributed by atoms with van der Waals surface area (Å²) in [4.78, 5) is 33.7. The van der Waals surface area contributed by atoms with Gasteiger partial charge in [0.25, 0.3) is 0 Å². The third-order valence-corrected chi connectivity index (χ3v) is 3.40. The minimum Gasteiger partial charge on any atom is -0.493 e. The van der Waals surface area contributed by atoms with Crippen LogP contribution in [0.5, 0.6) is 11.5 Å². The number of carbonyl (C=O) groups excluding carboxylic acids is 2. The van der Waals surface area contributed by atoms with Gasteiger partial charge in [-0.3, -0.25) is 9.59 Å². The standard InChI is InChI=1S/C16H22N2O6/c1-23-12-6-3-10(9-13(12)24-2)4-8-15(20)18-11(16(21)22)5-7-14(17)19/h3,6,9,11H,4-5,7-8H2,1-2H3,(H2,17,19)(H,18,20)(H,21,22). The van der Waals surface area contributed by atoms with Crippen LogP contribution in [0, 0.1) is 0 Å². The van der Waals surface area contributed by atoms with Crippen LogP contribution < -0.4 is 20.5 Å². The van der Waals surface area contributed by atoms with Crippen LogP contribution in [0.25, 0.3) is 0 Å². The number of aliphatic carboxylic acids is 1. The molecule has 8 heteroatoms. The number of hydrogen-bond acceptors (Lipinski definition) is 5. The minimum absolute atomic E-state index is 0.0350. The second kappa shape index (κ2) is 9.39. The van der Waals surface area contributed by atoms with Gasteiger partial charge in [-0.1, -0.05) is 6.07 Å². The number of rotatable bonds is 10. The summed E-state index contributed by atoms with van der Waals surface area (Å²) in [6.45, 7) is 0. The van der Waals surface area contributed by atoms with Gasteiger partial charge in [-0.2, -0.15) is 0 Å². The summed E-state index contributed by atoms with van der Waals surface area (Å²) >= 11 is 0. The molecule has 0 fully saturated rings. The molecule has 0 saturated carbocycles. The van der Waals surface area contributed by atoms with Crippen molar-refractivity contribution in [1.29, 1.82) is 0 Å². The summed E-state index contributed by atoms with van der Waals surface area (Å²) in [5.74, 6) is -1.08. The second-order valence-electron chi connectivity index (χ2n) is 5.15. The van der Waals surface area contributed by atoms with Crippen molar-refractivity contribution in [2.24, 2.45) is 5.73 Å². The molecule has 1 aromatic rings. The molecule has 0 bridgehead atoms. The van der Waals surface area contributed by atoms with E-state index in [0.717, 1.165) is 5.56 Å². The maximum atomic E-state index is 11.9. The number of amides is 2. The van der Waals surface area contributed by atoms with E-state index in [-0.39, 0.29) is 19.3 Å². The zero-order valence-electron chi connectivity index (χ0n) is 13.7. The fourth-order valence-electron chi connectivity index (χ4n) is 2.10. The fraction of sp³-hybridized carbons (Fsp3) is 0.438. The first-order valence-corrected chi connectivity index (χ1v) is 7.38. The van der Waals surface area contributed by atoms with Crippen molar-refractivity contribution in [2.75, 3.05) is 14.2 Å². The Morgan fingerprint density at radius 1 is 1.17 bits per heavy atom. The Bertz CT molecular complexity index is 602. The molecule has 0 aliphatic heterocycles. The molecule has 2 amide bonds. The van der Waals surface area contributed by atoms with Crippen molar-refractivity contribution in [1.82, 2.24) is 5.32 Å². The summed E-state index contributed by atoms with van der Waals surface area (Å²) in [5.41, 5.74) is 5.84. The number of benzene rings is 1. The van der Waals surface area contributed by atoms with E-state index >= 15 is 0 Å². The topological polar surface area (TPSA) is 128 Å². The average molecular weight is 338 g/mol. The molecular weight excluding hydrogens is 316 g/mol. The lowest BCUT2D eigenvalue weighted by Crippen LogP contribution is -2.41. The van der Waals surface area contributed by atoms with Crippen molar-refractivity contribution in [2.45, 2.75) is 31.7 Å². The van der Waals surface area contributed by atoms with Gasteiger partial charge < -0.3 is 25.6 Å². The Labute approximate surface area is 139 Å². The van der Waals surface area contributed by atoms with Crippen LogP contribution in [-0.4, -0.2) is 43.2 Å². The molecule has 0 spiro atoms. The van der Waals surface area contributed by atoms with Gasteiger partial charge in [-0.15, -0.1) is 0 Å². The van der Waals surface area contributed by atoms with Crippen LogP contribution in [0.1, 0.15) is 24.8 Å². The van der Waals surface area contributed by atoms with Gasteiger partial charge in [-0.05, 0) is 30.5 Å². The highest BCUT2D eigenvalue weighted by atomic mass is 16.5. The normalized spacial score (nSPS) is 11.4. The first-order chi connectivity index (χ1) is 11.4. The lowest BCUT2D eigenvalue weighted by Gasteiger charge is -2.14. The van der Waals surface area contributed by atoms with Crippen molar-refractivity contribution in [3.63, 3.8) is 0 Å². The highest BCUT2D eigenvalue weighted by molar-refractivity contribution is 5.84. The van der Waals surface area contributed by atoms with Gasteiger partial charge in [-0.25, -0.2) is 4.79 Å². The predicted octanol–water partition coefficient (Wildman–Crippen LogP) is 0.471. The summed E-state index contributed by atoms with van der Waals surface area (Å²) in [6.07, 6.45) is 0.379. The maximum Gasteiger partial charge on any atom is 0.326 e. The van der Waals surface area contributed by atoms with E-state index in [0.29, 0.717) is 17.9 Å². The lowest BCUT2D eigenvalue weighted by molar-refractivity contribution is -0.142. The zero-order chi connectivity index (χ0) is 18.1. The van der Waals surface area contributed by atoms with Crippen molar-refractivity contribution in [3.8, 4) is 11.5 Å². The van der Waals surface area contributed by atoms with E-state index in [4.69, 9.17) is 20.3 Å². The molecule has 0 aliphatic rings. The van der Waals surface area contributed by atoms with Crippen LogP contribution in [0.2, 0.25) is 0 Å². The number of methoxy groups -OCH3 is 2. The van der Waals surface area contributed by atoms with E-state index < -0.39 is 23.8 Å². The number of hydrogen-bond donors (Lipinski definition) is 3. The van der Waals surface area contributed by atoms with Gasteiger partial charge in [0, 0.05) is 12.8 Å². The smallest absolute Gasteiger partial charge is 0.326 e. The van der Waals surface area contributed by atoms with Crippen LogP contribution in [0.4, 0.5) is 0 Å². The van der Waals surface area contributed by atoms with Crippen LogP contribution >= 0.6 is 0 Å². The number of carboxylic acid groups (broad SMARTS) is 1. The molecule has 0 saturated heterocycles. The molecule has 4 N–H and O–H groups in total. The number of nitrogens with one attached hydrogen (secondary N) is 1. The predicted molar refractivity (Wildman–Crippen MR) is 85.9 cm³/mol. The summed E-state index contributed by atoms with van der Waals surface area (Å²) in [5, 5.41) is 11.4. The Morgan fingerprint density at radius 3 is 2.38 bits per heavy atom. The minimum atomic E-state index is -1.20. The van der Waals surface area contributed by atoms with Crippen LogP contribution in [-0.2, 0) is 20.8 Å². The molecule has 24 heavy (non-hydrogen) atoms.